The van der Waals surface area contributed by atoms with Gasteiger partial charge in [-0.15, -0.1) is 6.42 Å². The van der Waals surface area contributed by atoms with Crippen LogP contribution in [0.4, 0.5) is 14.9 Å². The van der Waals surface area contributed by atoms with Crippen LogP contribution in [0.3, 0.4) is 0 Å². The summed E-state index contributed by atoms with van der Waals surface area (Å²) < 4.78 is 19.5. The van der Waals surface area contributed by atoms with Gasteiger partial charge in [0.25, 0.3) is 5.91 Å². The molecule has 2 aliphatic rings. The minimum Gasteiger partial charge on any atom is -0.479 e. The van der Waals surface area contributed by atoms with Crippen LogP contribution in [0.2, 0.25) is 5.02 Å². The summed E-state index contributed by atoms with van der Waals surface area (Å²) >= 11 is 5.89. The van der Waals surface area contributed by atoms with Crippen molar-refractivity contribution in [3.8, 4) is 18.1 Å². The quantitative estimate of drug-likeness (QED) is 0.631. The van der Waals surface area contributed by atoms with Crippen LogP contribution in [-0.4, -0.2) is 30.0 Å². The Bertz CT molecular complexity index is 769. The summed E-state index contributed by atoms with van der Waals surface area (Å²) in [5, 5.41) is 0.0116. The van der Waals surface area contributed by atoms with E-state index in [9.17, 15) is 14.0 Å². The molecule has 2 aliphatic heterocycles. The van der Waals surface area contributed by atoms with Crippen molar-refractivity contribution in [2.45, 2.75) is 12.8 Å². The Morgan fingerprint density at radius 1 is 1.39 bits per heavy atom. The third kappa shape index (κ3) is 2.53. The molecule has 3 amide bonds. The van der Waals surface area contributed by atoms with E-state index in [1.54, 1.807) is 6.08 Å². The first-order valence-corrected chi connectivity index (χ1v) is 7.34. The molecule has 5 nitrogen and oxygen atoms in total. The van der Waals surface area contributed by atoms with Gasteiger partial charge in [-0.1, -0.05) is 23.6 Å². The second kappa shape index (κ2) is 5.94. The maximum absolute atomic E-state index is 14.3. The molecule has 118 valence electrons. The van der Waals surface area contributed by atoms with Crippen molar-refractivity contribution in [1.82, 2.24) is 4.90 Å². The Kier molecular flexibility index (Phi) is 3.97. The maximum Gasteiger partial charge on any atom is 0.336 e. The Morgan fingerprint density at radius 3 is 2.87 bits per heavy atom. The molecule has 1 aromatic rings. The second-order valence-electron chi connectivity index (χ2n) is 5.03. The standard InChI is InChI=1S/C16H12ClFN2O3/c1-2-7-23-14-9-13(11(18)8-10(14)17)20-15(21)12-5-3-4-6-19(12)16(20)22/h1,5,8-9H,3-4,6-7H2. The highest BCUT2D eigenvalue weighted by molar-refractivity contribution is 6.32. The van der Waals surface area contributed by atoms with E-state index in [4.69, 9.17) is 22.8 Å². The van der Waals surface area contributed by atoms with Gasteiger partial charge in [0, 0.05) is 12.6 Å². The second-order valence-corrected chi connectivity index (χ2v) is 5.44. The Labute approximate surface area is 137 Å². The average molecular weight is 335 g/mol. The van der Waals surface area contributed by atoms with E-state index in [-0.39, 0.29) is 28.8 Å². The topological polar surface area (TPSA) is 49.9 Å². The van der Waals surface area contributed by atoms with Crippen molar-refractivity contribution in [2.75, 3.05) is 18.1 Å². The lowest BCUT2D eigenvalue weighted by molar-refractivity contribution is -0.114. The molecule has 0 bridgehead atoms. The molecule has 0 N–H and O–H groups in total. The van der Waals surface area contributed by atoms with E-state index in [0.717, 1.165) is 17.4 Å². The highest BCUT2D eigenvalue weighted by Gasteiger charge is 2.43. The predicted octanol–water partition coefficient (Wildman–Crippen LogP) is 2.94. The van der Waals surface area contributed by atoms with E-state index in [1.165, 1.54) is 11.0 Å². The zero-order valence-corrected chi connectivity index (χ0v) is 12.8. The molecular formula is C16H12ClFN2O3. The number of carbonyl (C=O) groups excluding carboxylic acids is 2. The van der Waals surface area contributed by atoms with Gasteiger partial charge < -0.3 is 4.74 Å². The van der Waals surface area contributed by atoms with Gasteiger partial charge >= 0.3 is 6.03 Å². The normalized spacial score (nSPS) is 17.0. The van der Waals surface area contributed by atoms with E-state index >= 15 is 0 Å². The lowest BCUT2D eigenvalue weighted by Gasteiger charge is -2.19. The molecule has 0 aromatic heterocycles. The monoisotopic (exact) mass is 334 g/mol. The van der Waals surface area contributed by atoms with Gasteiger partial charge in [-0.25, -0.2) is 14.1 Å². The van der Waals surface area contributed by atoms with Crippen LogP contribution in [0.15, 0.2) is 23.9 Å². The number of anilines is 1. The van der Waals surface area contributed by atoms with Crippen molar-refractivity contribution in [2.24, 2.45) is 0 Å². The molecule has 1 fully saturated rings. The van der Waals surface area contributed by atoms with E-state index in [0.29, 0.717) is 13.0 Å². The number of carbonyl (C=O) groups is 2. The number of hydrogen-bond donors (Lipinski definition) is 0. The molecule has 1 aromatic carbocycles. The molecule has 2 heterocycles. The first-order valence-electron chi connectivity index (χ1n) is 6.96. The number of rotatable bonds is 3. The number of benzene rings is 1. The van der Waals surface area contributed by atoms with E-state index in [1.807, 2.05) is 0 Å². The number of halogens is 2. The van der Waals surface area contributed by atoms with Crippen LogP contribution in [-0.2, 0) is 4.79 Å². The Hall–Kier alpha value is -2.52. The fourth-order valence-corrected chi connectivity index (χ4v) is 2.78. The largest absolute Gasteiger partial charge is 0.479 e. The van der Waals surface area contributed by atoms with Crippen molar-refractivity contribution in [1.29, 1.82) is 0 Å². The number of amides is 3. The van der Waals surface area contributed by atoms with Gasteiger partial charge in [0.05, 0.1) is 10.7 Å². The van der Waals surface area contributed by atoms with Crippen molar-refractivity contribution >= 4 is 29.2 Å². The molecule has 3 rings (SSSR count). The van der Waals surface area contributed by atoms with Crippen molar-refractivity contribution in [3.05, 3.63) is 34.7 Å². The zero-order chi connectivity index (χ0) is 16.6. The third-order valence-corrected chi connectivity index (χ3v) is 3.91. The van der Waals surface area contributed by atoms with Crippen LogP contribution in [0.25, 0.3) is 0 Å². The Morgan fingerprint density at radius 2 is 2.17 bits per heavy atom. The minimum atomic E-state index is -0.787. The predicted molar refractivity (Wildman–Crippen MR) is 82.6 cm³/mol. The van der Waals surface area contributed by atoms with Crippen molar-refractivity contribution < 1.29 is 18.7 Å². The summed E-state index contributed by atoms with van der Waals surface area (Å²) in [6.45, 7) is 0.368. The number of hydrogen-bond acceptors (Lipinski definition) is 3. The molecule has 0 spiro atoms. The Balaban J connectivity index is 2.03. The van der Waals surface area contributed by atoms with E-state index in [2.05, 4.69) is 5.92 Å². The molecule has 7 heteroatoms. The van der Waals surface area contributed by atoms with Crippen LogP contribution < -0.4 is 9.64 Å². The lowest BCUT2D eigenvalue weighted by Crippen LogP contribution is -2.34. The molecule has 0 unspecified atom stereocenters. The number of nitrogens with zero attached hydrogens (tertiary/aromatic N) is 2. The van der Waals surface area contributed by atoms with Gasteiger partial charge in [0.2, 0.25) is 0 Å². The van der Waals surface area contributed by atoms with Gasteiger partial charge in [-0.05, 0) is 18.9 Å². The smallest absolute Gasteiger partial charge is 0.336 e. The number of terminal acetylenes is 1. The highest BCUT2D eigenvalue weighted by atomic mass is 35.5. The maximum atomic E-state index is 14.3. The fraction of sp³-hybridized carbons (Fsp3) is 0.250. The summed E-state index contributed by atoms with van der Waals surface area (Å²) in [7, 11) is 0. The van der Waals surface area contributed by atoms with Crippen LogP contribution in [0, 0.1) is 18.2 Å². The summed E-state index contributed by atoms with van der Waals surface area (Å²) in [6, 6.07) is 1.63. The molecule has 23 heavy (non-hydrogen) atoms. The van der Waals surface area contributed by atoms with E-state index < -0.39 is 17.8 Å². The van der Waals surface area contributed by atoms with Gasteiger partial charge in [-0.2, -0.15) is 0 Å². The van der Waals surface area contributed by atoms with Gasteiger partial charge in [0.1, 0.15) is 23.9 Å². The number of fused-ring (bicyclic) bond motifs is 1. The average Bonchev–Trinajstić information content (AvgIpc) is 2.79. The van der Waals surface area contributed by atoms with Gasteiger partial charge in [0.15, 0.2) is 0 Å². The number of ether oxygens (including phenoxy) is 1. The highest BCUT2D eigenvalue weighted by Crippen LogP contribution is 2.37. The molecule has 1 saturated heterocycles. The van der Waals surface area contributed by atoms with Crippen molar-refractivity contribution in [3.63, 3.8) is 0 Å². The number of imide groups is 1. The molecule has 0 aliphatic carbocycles. The minimum absolute atomic E-state index is 0.0116. The molecule has 0 atom stereocenters. The van der Waals surface area contributed by atoms with Gasteiger partial charge in [-0.3, -0.25) is 9.69 Å². The molecular weight excluding hydrogens is 323 g/mol. The summed E-state index contributed by atoms with van der Waals surface area (Å²) in [6.07, 6.45) is 8.27. The molecule has 0 saturated carbocycles. The third-order valence-electron chi connectivity index (χ3n) is 3.61. The summed E-state index contributed by atoms with van der Waals surface area (Å²) in [5.74, 6) is 1.03. The van der Waals surface area contributed by atoms with Crippen LogP contribution in [0.5, 0.6) is 5.75 Å². The first-order chi connectivity index (χ1) is 11.0. The van der Waals surface area contributed by atoms with Crippen LogP contribution in [0.1, 0.15) is 12.8 Å². The lowest BCUT2D eigenvalue weighted by atomic mass is 10.2. The number of allylic oxidation sites excluding steroid dienone is 1. The fourth-order valence-electron chi connectivity index (χ4n) is 2.57. The summed E-state index contributed by atoms with van der Waals surface area (Å²) in [4.78, 5) is 27.0. The first kappa shape index (κ1) is 15.4. The summed E-state index contributed by atoms with van der Waals surface area (Å²) in [5.41, 5.74) is 0.0772. The van der Waals surface area contributed by atoms with Crippen LogP contribution >= 0.6 is 11.6 Å². The SMILES string of the molecule is C#CCOc1cc(N2C(=O)C3=CCCCN3C2=O)c(F)cc1Cl. The zero-order valence-electron chi connectivity index (χ0n) is 12.0. The molecule has 0 radical (unpaired) electrons. The number of urea groups is 1.